The number of nitrogens with zero attached hydrogens (tertiary/aromatic N) is 4. The van der Waals surface area contributed by atoms with Crippen molar-refractivity contribution in [2.45, 2.75) is 0 Å². The van der Waals surface area contributed by atoms with Gasteiger partial charge in [-0.2, -0.15) is 0 Å². The Morgan fingerprint density at radius 3 is 2.71 bits per heavy atom. The number of pyridine rings is 2. The van der Waals surface area contributed by atoms with E-state index in [-0.39, 0.29) is 5.56 Å². The number of rotatable bonds is 2. The largest absolute Gasteiger partial charge is 0.397 e. The minimum absolute atomic E-state index is 0.281. The lowest BCUT2D eigenvalue weighted by atomic mass is 10.1. The quantitative estimate of drug-likeness (QED) is 0.493. The van der Waals surface area contributed by atoms with E-state index < -0.39 is 0 Å². The molecular formula is C20H21N7O. The van der Waals surface area contributed by atoms with Crippen LogP contribution in [0, 0.1) is 0 Å². The highest BCUT2D eigenvalue weighted by Gasteiger charge is 2.18. The van der Waals surface area contributed by atoms with Crippen LogP contribution in [-0.2, 0) is 0 Å². The number of nitrogen functional groups attached to an aromatic ring is 1. The summed E-state index contributed by atoms with van der Waals surface area (Å²) >= 11 is 0. The summed E-state index contributed by atoms with van der Waals surface area (Å²) in [7, 11) is 2.14. The van der Waals surface area contributed by atoms with E-state index in [1.807, 2.05) is 6.07 Å². The minimum Gasteiger partial charge on any atom is -0.397 e. The molecule has 0 bridgehead atoms. The molecule has 0 unspecified atom stereocenters. The van der Waals surface area contributed by atoms with E-state index in [1.54, 1.807) is 18.5 Å². The summed E-state index contributed by atoms with van der Waals surface area (Å²) < 4.78 is 0. The Kier molecular flexibility index (Phi) is 3.80. The Balaban J connectivity index is 1.59. The highest BCUT2D eigenvalue weighted by molar-refractivity contribution is 5.97. The molecule has 3 aromatic heterocycles. The molecule has 0 atom stereocenters. The third-order valence-electron chi connectivity index (χ3n) is 5.43. The van der Waals surface area contributed by atoms with Gasteiger partial charge >= 0.3 is 0 Å². The van der Waals surface area contributed by atoms with Crippen LogP contribution in [0.4, 0.5) is 11.4 Å². The molecule has 142 valence electrons. The number of imidazole rings is 1. The van der Waals surface area contributed by atoms with Gasteiger partial charge in [-0.15, -0.1) is 0 Å². The lowest BCUT2D eigenvalue weighted by Crippen LogP contribution is -2.44. The molecule has 1 aliphatic heterocycles. The molecule has 1 aromatic carbocycles. The van der Waals surface area contributed by atoms with Gasteiger partial charge in [0.2, 0.25) is 0 Å². The van der Waals surface area contributed by atoms with E-state index in [1.165, 1.54) is 0 Å². The molecule has 1 saturated heterocycles. The molecule has 4 heterocycles. The second-order valence-corrected chi connectivity index (χ2v) is 7.24. The summed E-state index contributed by atoms with van der Waals surface area (Å²) in [4.78, 5) is 32.1. The summed E-state index contributed by atoms with van der Waals surface area (Å²) in [5.74, 6) is 0.475. The number of nitrogens with one attached hydrogen (secondary N) is 2. The van der Waals surface area contributed by atoms with Crippen LogP contribution in [0.3, 0.4) is 0 Å². The summed E-state index contributed by atoms with van der Waals surface area (Å²) in [5.41, 5.74) is 10.3. The number of anilines is 2. The third kappa shape index (κ3) is 2.69. The maximum Gasteiger partial charge on any atom is 0.261 e. The number of hydrogen-bond acceptors (Lipinski definition) is 6. The van der Waals surface area contributed by atoms with Crippen LogP contribution in [0.15, 0.2) is 41.5 Å². The highest BCUT2D eigenvalue weighted by atomic mass is 16.1. The number of nitrogens with two attached hydrogens (primary N) is 1. The predicted molar refractivity (Wildman–Crippen MR) is 112 cm³/mol. The number of H-pyrrole nitrogens is 2. The third-order valence-corrected chi connectivity index (χ3v) is 5.43. The van der Waals surface area contributed by atoms with Gasteiger partial charge in [-0.3, -0.25) is 9.78 Å². The molecule has 28 heavy (non-hydrogen) atoms. The Morgan fingerprint density at radius 2 is 1.89 bits per heavy atom. The zero-order valence-corrected chi connectivity index (χ0v) is 15.6. The van der Waals surface area contributed by atoms with E-state index in [9.17, 15) is 4.79 Å². The van der Waals surface area contributed by atoms with Crippen LogP contribution < -0.4 is 16.2 Å². The molecule has 0 spiro atoms. The fourth-order valence-corrected chi connectivity index (χ4v) is 3.78. The van der Waals surface area contributed by atoms with Gasteiger partial charge in [-0.1, -0.05) is 0 Å². The number of benzene rings is 1. The number of aromatic amines is 2. The molecule has 5 rings (SSSR count). The molecule has 0 saturated carbocycles. The minimum atomic E-state index is -0.281. The topological polar surface area (TPSA) is 107 Å². The molecule has 0 aliphatic carbocycles. The molecule has 4 aromatic rings. The van der Waals surface area contributed by atoms with E-state index in [2.05, 4.69) is 48.9 Å². The fraction of sp³-hybridized carbons (Fsp3) is 0.250. The summed E-state index contributed by atoms with van der Waals surface area (Å²) in [6.07, 6.45) is 3.25. The van der Waals surface area contributed by atoms with Crippen molar-refractivity contribution in [3.63, 3.8) is 0 Å². The van der Waals surface area contributed by atoms with E-state index >= 15 is 0 Å². The number of piperazine rings is 1. The smallest absolute Gasteiger partial charge is 0.261 e. The van der Waals surface area contributed by atoms with Gasteiger partial charge in [0.1, 0.15) is 11.4 Å². The van der Waals surface area contributed by atoms with Crippen molar-refractivity contribution in [1.82, 2.24) is 24.8 Å². The first-order valence-corrected chi connectivity index (χ1v) is 9.29. The first kappa shape index (κ1) is 16.8. The molecule has 8 nitrogen and oxygen atoms in total. The van der Waals surface area contributed by atoms with Crippen LogP contribution in [-0.4, -0.2) is 58.1 Å². The highest BCUT2D eigenvalue weighted by Crippen LogP contribution is 2.29. The van der Waals surface area contributed by atoms with Crippen molar-refractivity contribution >= 4 is 33.3 Å². The van der Waals surface area contributed by atoms with Crippen molar-refractivity contribution in [2.75, 3.05) is 43.9 Å². The maximum absolute atomic E-state index is 12.6. The van der Waals surface area contributed by atoms with Crippen molar-refractivity contribution in [3.8, 4) is 11.4 Å². The zero-order valence-electron chi connectivity index (χ0n) is 15.6. The standard InChI is InChI=1S/C20H21N7O/c1-26-6-8-27(9-7-26)12-2-3-14-15(10-12)24-19(23-14)17-18(21)13-4-5-22-11-16(13)25-20(17)28/h2-5,10-11H,6-9H2,1H3,(H,23,24)(H3,21,25,28). The SMILES string of the molecule is CN1CCN(c2ccc3nc(-c4c(N)c5ccncc5[nH]c4=O)[nH]c3c2)CC1. The van der Waals surface area contributed by atoms with Crippen molar-refractivity contribution in [3.05, 3.63) is 47.0 Å². The zero-order chi connectivity index (χ0) is 19.3. The monoisotopic (exact) mass is 375 g/mol. The molecule has 1 aliphatic rings. The number of aromatic nitrogens is 4. The van der Waals surface area contributed by atoms with Crippen LogP contribution >= 0.6 is 0 Å². The lowest BCUT2D eigenvalue weighted by molar-refractivity contribution is 0.313. The Labute approximate surface area is 161 Å². The molecular weight excluding hydrogens is 354 g/mol. The van der Waals surface area contributed by atoms with Gasteiger partial charge in [0.25, 0.3) is 5.56 Å². The van der Waals surface area contributed by atoms with Crippen LogP contribution in [0.25, 0.3) is 33.3 Å². The predicted octanol–water partition coefficient (Wildman–Crippen LogP) is 1.80. The second kappa shape index (κ2) is 6.35. The first-order valence-electron chi connectivity index (χ1n) is 9.29. The number of likely N-dealkylation sites (N-methyl/N-ethyl adjacent to an activating group) is 1. The normalized spacial score (nSPS) is 15.5. The van der Waals surface area contributed by atoms with E-state index in [0.29, 0.717) is 22.6 Å². The average Bonchev–Trinajstić information content (AvgIpc) is 3.11. The molecule has 8 heteroatoms. The van der Waals surface area contributed by atoms with Crippen molar-refractivity contribution in [1.29, 1.82) is 0 Å². The van der Waals surface area contributed by atoms with Gasteiger partial charge in [-0.05, 0) is 31.3 Å². The fourth-order valence-electron chi connectivity index (χ4n) is 3.78. The van der Waals surface area contributed by atoms with Crippen LogP contribution in [0.1, 0.15) is 0 Å². The van der Waals surface area contributed by atoms with Crippen LogP contribution in [0.2, 0.25) is 0 Å². The Bertz CT molecular complexity index is 1230. The van der Waals surface area contributed by atoms with Crippen LogP contribution in [0.5, 0.6) is 0 Å². The first-order chi connectivity index (χ1) is 13.6. The van der Waals surface area contributed by atoms with Crippen molar-refractivity contribution < 1.29 is 0 Å². The lowest BCUT2D eigenvalue weighted by Gasteiger charge is -2.34. The Morgan fingerprint density at radius 1 is 1.07 bits per heavy atom. The number of hydrogen-bond donors (Lipinski definition) is 3. The van der Waals surface area contributed by atoms with E-state index in [0.717, 1.165) is 48.3 Å². The summed E-state index contributed by atoms with van der Waals surface area (Å²) in [6, 6.07) is 7.95. The molecule has 0 amide bonds. The maximum atomic E-state index is 12.6. The molecule has 0 radical (unpaired) electrons. The Hall–Kier alpha value is -3.39. The molecule has 4 N–H and O–H groups in total. The van der Waals surface area contributed by atoms with Crippen molar-refractivity contribution in [2.24, 2.45) is 0 Å². The van der Waals surface area contributed by atoms with Gasteiger partial charge in [0.15, 0.2) is 0 Å². The van der Waals surface area contributed by atoms with Gasteiger partial charge in [0.05, 0.1) is 28.4 Å². The molecule has 1 fully saturated rings. The van der Waals surface area contributed by atoms with Gasteiger partial charge in [0, 0.05) is 43.4 Å². The van der Waals surface area contributed by atoms with E-state index in [4.69, 9.17) is 5.73 Å². The summed E-state index contributed by atoms with van der Waals surface area (Å²) in [6.45, 7) is 4.08. The summed E-state index contributed by atoms with van der Waals surface area (Å²) in [5, 5.41) is 0.753. The second-order valence-electron chi connectivity index (χ2n) is 7.24. The number of fused-ring (bicyclic) bond motifs is 2. The average molecular weight is 375 g/mol. The van der Waals surface area contributed by atoms with Gasteiger partial charge in [-0.25, -0.2) is 4.98 Å². The van der Waals surface area contributed by atoms with Gasteiger partial charge < -0.3 is 25.5 Å².